The molecule has 1 aromatic carbocycles. The van der Waals surface area contributed by atoms with Gasteiger partial charge in [-0.3, -0.25) is 0 Å². The van der Waals surface area contributed by atoms with Gasteiger partial charge in [0.15, 0.2) is 6.61 Å². The highest BCUT2D eigenvalue weighted by Gasteiger charge is 2.15. The molecule has 0 saturated carbocycles. The summed E-state index contributed by atoms with van der Waals surface area (Å²) in [5.74, 6) is -1.17. The lowest BCUT2D eigenvalue weighted by atomic mass is 10.2. The van der Waals surface area contributed by atoms with Gasteiger partial charge >= 0.3 is 11.9 Å². The van der Waals surface area contributed by atoms with Gasteiger partial charge < -0.3 is 15.2 Å². The number of carbonyl (C=O) groups excluding carboxylic acids is 2. The predicted octanol–water partition coefficient (Wildman–Crippen LogP) is 2.53. The van der Waals surface area contributed by atoms with Crippen LogP contribution in [-0.2, 0) is 14.3 Å². The molecule has 0 bridgehead atoms. The Morgan fingerprint density at radius 3 is 2.74 bits per heavy atom. The third-order valence-corrected chi connectivity index (χ3v) is 3.22. The minimum absolute atomic E-state index is 0.279. The zero-order valence-electron chi connectivity index (χ0n) is 10.6. The molecule has 0 unspecified atom stereocenters. The summed E-state index contributed by atoms with van der Waals surface area (Å²) in [5, 5.41) is 0. The number of anilines is 1. The van der Waals surface area contributed by atoms with E-state index < -0.39 is 18.5 Å². The Morgan fingerprint density at radius 2 is 2.05 bits per heavy atom. The van der Waals surface area contributed by atoms with Crippen LogP contribution in [0.15, 0.2) is 22.7 Å². The van der Waals surface area contributed by atoms with Crippen LogP contribution in [0.25, 0.3) is 0 Å². The van der Waals surface area contributed by atoms with Crippen LogP contribution >= 0.6 is 15.9 Å². The number of halogens is 1. The Bertz CT molecular complexity index is 462. The lowest BCUT2D eigenvalue weighted by molar-refractivity contribution is -0.147. The summed E-state index contributed by atoms with van der Waals surface area (Å²) in [4.78, 5) is 23.0. The average molecular weight is 330 g/mol. The summed E-state index contributed by atoms with van der Waals surface area (Å²) in [6.45, 7) is 1.93. The molecule has 5 nitrogen and oxygen atoms in total. The van der Waals surface area contributed by atoms with E-state index in [-0.39, 0.29) is 5.56 Å². The molecule has 0 radical (unpaired) electrons. The van der Waals surface area contributed by atoms with E-state index in [1.54, 1.807) is 18.2 Å². The highest BCUT2D eigenvalue weighted by Crippen LogP contribution is 2.24. The fourth-order valence-corrected chi connectivity index (χ4v) is 1.71. The third kappa shape index (κ3) is 4.90. The molecule has 0 aromatic heterocycles. The summed E-state index contributed by atoms with van der Waals surface area (Å²) < 4.78 is 10.2. The van der Waals surface area contributed by atoms with Gasteiger partial charge in [-0.05, 0) is 34.5 Å². The fourth-order valence-electron chi connectivity index (χ4n) is 1.28. The minimum Gasteiger partial charge on any atom is -0.463 e. The molecular formula is C13H16BrNO4. The van der Waals surface area contributed by atoms with Gasteiger partial charge in [-0.2, -0.15) is 0 Å². The summed E-state index contributed by atoms with van der Waals surface area (Å²) in [5.41, 5.74) is 6.36. The van der Waals surface area contributed by atoms with Crippen LogP contribution in [0.5, 0.6) is 0 Å². The van der Waals surface area contributed by atoms with Crippen LogP contribution in [0.3, 0.4) is 0 Å². The van der Waals surface area contributed by atoms with Crippen LogP contribution in [0, 0.1) is 0 Å². The second-order valence-electron chi connectivity index (χ2n) is 3.86. The topological polar surface area (TPSA) is 78.6 Å². The maximum absolute atomic E-state index is 11.7. The van der Waals surface area contributed by atoms with Crippen molar-refractivity contribution in [2.75, 3.05) is 18.9 Å². The van der Waals surface area contributed by atoms with Gasteiger partial charge in [0.1, 0.15) is 0 Å². The molecule has 0 spiro atoms. The maximum Gasteiger partial charge on any atom is 0.344 e. The van der Waals surface area contributed by atoms with E-state index in [0.717, 1.165) is 12.8 Å². The monoisotopic (exact) mass is 329 g/mol. The van der Waals surface area contributed by atoms with Gasteiger partial charge in [-0.25, -0.2) is 9.59 Å². The minimum atomic E-state index is -0.619. The van der Waals surface area contributed by atoms with E-state index in [1.165, 1.54) is 0 Å². The molecule has 0 amide bonds. The number of carbonyl (C=O) groups is 2. The number of hydrogen-bond donors (Lipinski definition) is 1. The molecule has 0 fully saturated rings. The van der Waals surface area contributed by atoms with Crippen molar-refractivity contribution in [3.8, 4) is 0 Å². The fraction of sp³-hybridized carbons (Fsp3) is 0.385. The zero-order valence-corrected chi connectivity index (χ0v) is 12.2. The number of benzene rings is 1. The van der Waals surface area contributed by atoms with Crippen LogP contribution in [-0.4, -0.2) is 25.2 Å². The second kappa shape index (κ2) is 7.78. The van der Waals surface area contributed by atoms with Crippen molar-refractivity contribution >= 4 is 33.6 Å². The van der Waals surface area contributed by atoms with Crippen molar-refractivity contribution in [1.82, 2.24) is 0 Å². The first-order valence-electron chi connectivity index (χ1n) is 5.93. The standard InChI is InChI=1S/C13H16BrNO4/c1-2-3-7-18-11(16)8-19-13(17)9-5-4-6-10(15)12(9)14/h4-6H,2-3,7-8,15H2,1H3. The Balaban J connectivity index is 2.47. The van der Waals surface area contributed by atoms with Gasteiger partial charge in [-0.1, -0.05) is 19.4 Å². The summed E-state index contributed by atoms with van der Waals surface area (Å²) in [6, 6.07) is 4.85. The quantitative estimate of drug-likeness (QED) is 0.493. The van der Waals surface area contributed by atoms with E-state index in [9.17, 15) is 9.59 Å². The molecule has 0 atom stereocenters. The van der Waals surface area contributed by atoms with Gasteiger partial charge in [0, 0.05) is 5.69 Å². The smallest absolute Gasteiger partial charge is 0.344 e. The highest BCUT2D eigenvalue weighted by atomic mass is 79.9. The molecule has 104 valence electrons. The third-order valence-electron chi connectivity index (χ3n) is 2.33. The number of hydrogen-bond acceptors (Lipinski definition) is 5. The number of rotatable bonds is 6. The van der Waals surface area contributed by atoms with Crippen molar-refractivity contribution in [3.05, 3.63) is 28.2 Å². The summed E-state index contributed by atoms with van der Waals surface area (Å²) in [7, 11) is 0. The average Bonchev–Trinajstić information content (AvgIpc) is 2.39. The molecule has 0 aliphatic rings. The number of ether oxygens (including phenoxy) is 2. The van der Waals surface area contributed by atoms with Crippen molar-refractivity contribution in [2.45, 2.75) is 19.8 Å². The lowest BCUT2D eigenvalue weighted by Crippen LogP contribution is -2.17. The zero-order chi connectivity index (χ0) is 14.3. The van der Waals surface area contributed by atoms with Crippen LogP contribution in [0.1, 0.15) is 30.1 Å². The van der Waals surface area contributed by atoms with Gasteiger partial charge in [0.25, 0.3) is 0 Å². The molecular weight excluding hydrogens is 314 g/mol. The Hall–Kier alpha value is -1.56. The largest absolute Gasteiger partial charge is 0.463 e. The van der Waals surface area contributed by atoms with Gasteiger partial charge in [-0.15, -0.1) is 0 Å². The number of nitrogen functional groups attached to an aromatic ring is 1. The summed E-state index contributed by atoms with van der Waals surface area (Å²) >= 11 is 3.20. The Kier molecular flexibility index (Phi) is 6.35. The molecule has 0 saturated heterocycles. The van der Waals surface area contributed by atoms with Gasteiger partial charge in [0.05, 0.1) is 16.6 Å². The Labute approximate surface area is 120 Å². The molecule has 0 aliphatic heterocycles. The van der Waals surface area contributed by atoms with Crippen molar-refractivity contribution in [1.29, 1.82) is 0 Å². The molecule has 1 rings (SSSR count). The molecule has 0 aliphatic carbocycles. The molecule has 19 heavy (non-hydrogen) atoms. The molecule has 6 heteroatoms. The number of nitrogens with two attached hydrogens (primary N) is 1. The van der Waals surface area contributed by atoms with Crippen LogP contribution < -0.4 is 5.73 Å². The van der Waals surface area contributed by atoms with E-state index >= 15 is 0 Å². The first-order chi connectivity index (χ1) is 9.06. The van der Waals surface area contributed by atoms with E-state index in [0.29, 0.717) is 16.8 Å². The van der Waals surface area contributed by atoms with Crippen molar-refractivity contribution < 1.29 is 19.1 Å². The number of esters is 2. The van der Waals surface area contributed by atoms with E-state index in [4.69, 9.17) is 15.2 Å². The Morgan fingerprint density at radius 1 is 1.32 bits per heavy atom. The van der Waals surface area contributed by atoms with E-state index in [2.05, 4.69) is 15.9 Å². The highest BCUT2D eigenvalue weighted by molar-refractivity contribution is 9.10. The molecule has 2 N–H and O–H groups in total. The van der Waals surface area contributed by atoms with Crippen molar-refractivity contribution in [3.63, 3.8) is 0 Å². The first-order valence-corrected chi connectivity index (χ1v) is 6.72. The van der Waals surface area contributed by atoms with Crippen LogP contribution in [0.4, 0.5) is 5.69 Å². The van der Waals surface area contributed by atoms with Crippen molar-refractivity contribution in [2.24, 2.45) is 0 Å². The predicted molar refractivity (Wildman–Crippen MR) is 74.7 cm³/mol. The summed E-state index contributed by atoms with van der Waals surface area (Å²) in [6.07, 6.45) is 1.73. The maximum atomic E-state index is 11.7. The second-order valence-corrected chi connectivity index (χ2v) is 4.65. The lowest BCUT2D eigenvalue weighted by Gasteiger charge is -2.07. The SMILES string of the molecule is CCCCOC(=O)COC(=O)c1cccc(N)c1Br. The first kappa shape index (κ1) is 15.5. The van der Waals surface area contributed by atoms with Crippen LogP contribution in [0.2, 0.25) is 0 Å². The molecule has 0 heterocycles. The normalized spacial score (nSPS) is 10.0. The van der Waals surface area contributed by atoms with E-state index in [1.807, 2.05) is 6.92 Å². The molecule has 1 aromatic rings. The number of unbranched alkanes of at least 4 members (excludes halogenated alkanes) is 1. The van der Waals surface area contributed by atoms with Gasteiger partial charge in [0.2, 0.25) is 0 Å².